The third kappa shape index (κ3) is 2.45. The molecule has 158 valence electrons. The summed E-state index contributed by atoms with van der Waals surface area (Å²) >= 11 is 0. The normalized spacial score (nSPS) is 29.6. The molecule has 1 fully saturated rings. The van der Waals surface area contributed by atoms with Gasteiger partial charge >= 0.3 is 5.92 Å². The standard InChI is InChI=1S/C21H22F2N4O3/c1-27-18(25)26-20(30-27)16-11-14(13-4-2-5-15(24)10-13)6-7-17(16)29-19(21(20,22)23)8-3-9-28-12-19/h2,4-7,10-11H,3,8-9,12,24H2,1H3,(H2,25,26). The lowest BCUT2D eigenvalue weighted by Crippen LogP contribution is -2.69. The van der Waals surface area contributed by atoms with Gasteiger partial charge in [-0.1, -0.05) is 18.2 Å². The van der Waals surface area contributed by atoms with E-state index in [0.717, 1.165) is 10.6 Å². The number of alkyl halides is 2. The van der Waals surface area contributed by atoms with Gasteiger partial charge in [-0.15, -0.1) is 0 Å². The Labute approximate surface area is 172 Å². The van der Waals surface area contributed by atoms with E-state index >= 15 is 8.78 Å². The first-order valence-electron chi connectivity index (χ1n) is 9.71. The molecule has 2 aromatic carbocycles. The predicted octanol–water partition coefficient (Wildman–Crippen LogP) is 2.86. The van der Waals surface area contributed by atoms with Crippen LogP contribution in [0.25, 0.3) is 11.1 Å². The van der Waals surface area contributed by atoms with Crippen molar-refractivity contribution in [3.05, 3.63) is 48.0 Å². The lowest BCUT2D eigenvalue weighted by molar-refractivity contribution is -0.342. The zero-order valence-electron chi connectivity index (χ0n) is 16.4. The molecular weight excluding hydrogens is 394 g/mol. The van der Waals surface area contributed by atoms with Crippen molar-refractivity contribution in [1.29, 1.82) is 0 Å². The highest BCUT2D eigenvalue weighted by molar-refractivity contribution is 5.79. The number of fused-ring (bicyclic) bond motifs is 2. The molecule has 2 unspecified atom stereocenters. The van der Waals surface area contributed by atoms with Crippen LogP contribution >= 0.6 is 0 Å². The summed E-state index contributed by atoms with van der Waals surface area (Å²) in [5.41, 5.74) is 9.66. The molecule has 0 saturated carbocycles. The van der Waals surface area contributed by atoms with Gasteiger partial charge in [-0.25, -0.2) is 14.9 Å². The van der Waals surface area contributed by atoms with Crippen molar-refractivity contribution >= 4 is 11.6 Å². The summed E-state index contributed by atoms with van der Waals surface area (Å²) in [6.07, 6.45) is 0.554. The topological polar surface area (TPSA) is 95.3 Å². The first-order chi connectivity index (χ1) is 14.3. The summed E-state index contributed by atoms with van der Waals surface area (Å²) in [6, 6.07) is 12.2. The minimum atomic E-state index is -3.54. The van der Waals surface area contributed by atoms with Gasteiger partial charge in [-0.3, -0.25) is 0 Å². The number of guanidine groups is 1. The van der Waals surface area contributed by atoms with E-state index in [2.05, 4.69) is 4.99 Å². The molecule has 0 aliphatic carbocycles. The van der Waals surface area contributed by atoms with E-state index in [1.165, 1.54) is 7.05 Å². The van der Waals surface area contributed by atoms with Gasteiger partial charge in [0.05, 0.1) is 12.2 Å². The molecule has 5 rings (SSSR count). The highest BCUT2D eigenvalue weighted by Crippen LogP contribution is 2.60. The quantitative estimate of drug-likeness (QED) is 0.694. The highest BCUT2D eigenvalue weighted by atomic mass is 19.3. The maximum absolute atomic E-state index is 16.2. The number of aliphatic imine (C=N–C) groups is 1. The van der Waals surface area contributed by atoms with Gasteiger partial charge < -0.3 is 20.9 Å². The second kappa shape index (κ2) is 6.29. The summed E-state index contributed by atoms with van der Waals surface area (Å²) < 4.78 is 43.7. The van der Waals surface area contributed by atoms with Crippen LogP contribution in [0.4, 0.5) is 14.5 Å². The van der Waals surface area contributed by atoms with E-state index in [9.17, 15) is 0 Å². The monoisotopic (exact) mass is 416 g/mol. The van der Waals surface area contributed by atoms with Gasteiger partial charge in [0.1, 0.15) is 5.75 Å². The average molecular weight is 416 g/mol. The first kappa shape index (κ1) is 19.1. The zero-order chi connectivity index (χ0) is 21.1. The fourth-order valence-electron chi connectivity index (χ4n) is 4.37. The number of hydroxylamine groups is 2. The van der Waals surface area contributed by atoms with E-state index in [1.807, 2.05) is 6.07 Å². The van der Waals surface area contributed by atoms with Gasteiger partial charge in [0.2, 0.25) is 11.6 Å². The van der Waals surface area contributed by atoms with Gasteiger partial charge in [-0.2, -0.15) is 8.78 Å². The lowest BCUT2D eigenvalue weighted by atomic mass is 9.77. The Morgan fingerprint density at radius 3 is 2.57 bits per heavy atom. The number of halogens is 2. The molecule has 3 aliphatic heterocycles. The van der Waals surface area contributed by atoms with Crippen LogP contribution in [0.5, 0.6) is 5.75 Å². The summed E-state index contributed by atoms with van der Waals surface area (Å²) in [5, 5.41) is 1.06. The molecule has 9 heteroatoms. The van der Waals surface area contributed by atoms with Crippen LogP contribution in [0.15, 0.2) is 47.5 Å². The Morgan fingerprint density at radius 1 is 1.10 bits per heavy atom. The lowest BCUT2D eigenvalue weighted by Gasteiger charge is -2.51. The fraction of sp³-hybridized carbons (Fsp3) is 0.381. The molecule has 2 atom stereocenters. The molecule has 2 spiro atoms. The van der Waals surface area contributed by atoms with E-state index < -0.39 is 17.2 Å². The molecule has 30 heavy (non-hydrogen) atoms. The molecule has 0 amide bonds. The number of hydrogen-bond acceptors (Lipinski definition) is 7. The molecule has 0 aromatic heterocycles. The summed E-state index contributed by atoms with van der Waals surface area (Å²) in [7, 11) is 1.45. The largest absolute Gasteiger partial charge is 0.478 e. The van der Waals surface area contributed by atoms with Gasteiger partial charge in [0.25, 0.3) is 5.72 Å². The van der Waals surface area contributed by atoms with Gasteiger partial charge in [0, 0.05) is 19.3 Å². The van der Waals surface area contributed by atoms with Gasteiger partial charge in [0.15, 0.2) is 0 Å². The number of ether oxygens (including phenoxy) is 2. The Morgan fingerprint density at radius 2 is 1.90 bits per heavy atom. The number of anilines is 1. The highest BCUT2D eigenvalue weighted by Gasteiger charge is 2.76. The Kier molecular flexibility index (Phi) is 4.00. The average Bonchev–Trinajstić information content (AvgIpc) is 3.04. The first-order valence-corrected chi connectivity index (χ1v) is 9.71. The summed E-state index contributed by atoms with van der Waals surface area (Å²) in [5.74, 6) is -3.41. The zero-order valence-corrected chi connectivity index (χ0v) is 16.4. The summed E-state index contributed by atoms with van der Waals surface area (Å²) in [6.45, 7) is 0.141. The second-order valence-corrected chi connectivity index (χ2v) is 7.87. The fourth-order valence-corrected chi connectivity index (χ4v) is 4.37. The minimum Gasteiger partial charge on any atom is -0.478 e. The molecule has 3 aliphatic rings. The molecule has 0 radical (unpaired) electrons. The SMILES string of the molecule is CN1OC2(N=C1N)c1cc(-c3cccc(N)c3)ccc1OC1(CCCOC1)C2(F)F. The second-order valence-electron chi connectivity index (χ2n) is 7.87. The number of nitrogen functional groups attached to an aromatic ring is 1. The maximum atomic E-state index is 16.2. The van der Waals surface area contributed by atoms with Crippen molar-refractivity contribution in [3.63, 3.8) is 0 Å². The third-order valence-electron chi connectivity index (χ3n) is 5.94. The number of rotatable bonds is 1. The number of nitrogens with two attached hydrogens (primary N) is 2. The molecule has 0 bridgehead atoms. The van der Waals surface area contributed by atoms with Crippen LogP contribution in [-0.2, 0) is 15.3 Å². The van der Waals surface area contributed by atoms with Crippen molar-refractivity contribution in [1.82, 2.24) is 5.06 Å². The van der Waals surface area contributed by atoms with E-state index in [1.54, 1.807) is 36.4 Å². The Balaban J connectivity index is 1.73. The molecular formula is C21H22F2N4O3. The summed E-state index contributed by atoms with van der Waals surface area (Å²) in [4.78, 5) is 9.82. The van der Waals surface area contributed by atoms with Crippen LogP contribution in [0.3, 0.4) is 0 Å². The van der Waals surface area contributed by atoms with Crippen LogP contribution in [0, 0.1) is 0 Å². The van der Waals surface area contributed by atoms with Crippen LogP contribution < -0.4 is 16.2 Å². The molecule has 1 saturated heterocycles. The van der Waals surface area contributed by atoms with Crippen LogP contribution in [0.2, 0.25) is 0 Å². The molecule has 7 nitrogen and oxygen atoms in total. The van der Waals surface area contributed by atoms with Crippen molar-refractivity contribution in [3.8, 4) is 16.9 Å². The third-order valence-corrected chi connectivity index (χ3v) is 5.94. The maximum Gasteiger partial charge on any atom is 0.344 e. The Bertz CT molecular complexity index is 1040. The molecule has 4 N–H and O–H groups in total. The van der Waals surface area contributed by atoms with E-state index in [0.29, 0.717) is 24.3 Å². The smallest absolute Gasteiger partial charge is 0.344 e. The van der Waals surface area contributed by atoms with Gasteiger partial charge in [-0.05, 0) is 48.2 Å². The van der Waals surface area contributed by atoms with E-state index in [-0.39, 0.29) is 30.3 Å². The Hall–Kier alpha value is -2.91. The number of benzene rings is 2. The minimum absolute atomic E-state index is 0.107. The van der Waals surface area contributed by atoms with Crippen molar-refractivity contribution < 1.29 is 23.1 Å². The number of hydrogen-bond donors (Lipinski definition) is 2. The van der Waals surface area contributed by atoms with Crippen molar-refractivity contribution in [2.75, 3.05) is 26.0 Å². The van der Waals surface area contributed by atoms with Crippen molar-refractivity contribution in [2.45, 2.75) is 30.1 Å². The van der Waals surface area contributed by atoms with Crippen LogP contribution in [0.1, 0.15) is 18.4 Å². The predicted molar refractivity (Wildman–Crippen MR) is 107 cm³/mol. The number of nitrogens with zero attached hydrogens (tertiary/aromatic N) is 2. The van der Waals surface area contributed by atoms with Crippen molar-refractivity contribution in [2.24, 2.45) is 10.7 Å². The molecule has 2 aromatic rings. The molecule has 3 heterocycles. The van der Waals surface area contributed by atoms with E-state index in [4.69, 9.17) is 25.8 Å². The van der Waals surface area contributed by atoms with Crippen LogP contribution in [-0.4, -0.2) is 42.8 Å².